The number of aromatic amines is 1. The summed E-state index contributed by atoms with van der Waals surface area (Å²) >= 11 is 0. The summed E-state index contributed by atoms with van der Waals surface area (Å²) in [6.45, 7) is 0. The molecule has 0 radical (unpaired) electrons. The lowest BCUT2D eigenvalue weighted by atomic mass is 10.3. The van der Waals surface area contributed by atoms with Crippen molar-refractivity contribution in [3.05, 3.63) is 18.5 Å². The molecule has 0 aliphatic carbocycles. The van der Waals surface area contributed by atoms with Gasteiger partial charge in [0.1, 0.15) is 0 Å². The normalized spacial score (nSPS) is 10.3. The molecule has 0 saturated heterocycles. The highest BCUT2D eigenvalue weighted by atomic mass is 16.5. The Hall–Kier alpha value is -1.71. The number of nitrogens with one attached hydrogen (secondary N) is 1. The molecule has 13 heavy (non-hydrogen) atoms. The van der Waals surface area contributed by atoms with Gasteiger partial charge in [-0.05, 0) is 6.07 Å². The van der Waals surface area contributed by atoms with E-state index in [1.165, 1.54) is 0 Å². The van der Waals surface area contributed by atoms with Crippen molar-refractivity contribution in [3.63, 3.8) is 0 Å². The Labute approximate surface area is 75.5 Å². The van der Waals surface area contributed by atoms with E-state index in [4.69, 9.17) is 9.47 Å². The van der Waals surface area contributed by atoms with E-state index in [9.17, 15) is 0 Å². The molecule has 0 unspecified atom stereocenters. The van der Waals surface area contributed by atoms with Gasteiger partial charge in [-0.25, -0.2) is 4.98 Å². The molecule has 0 amide bonds. The molecule has 2 aromatic heterocycles. The molecule has 1 N–H and O–H groups in total. The number of methoxy groups -OCH3 is 2. The zero-order valence-corrected chi connectivity index (χ0v) is 7.50. The van der Waals surface area contributed by atoms with Gasteiger partial charge in [-0.3, -0.25) is 0 Å². The van der Waals surface area contributed by atoms with Gasteiger partial charge in [-0.15, -0.1) is 0 Å². The summed E-state index contributed by atoms with van der Waals surface area (Å²) in [5.41, 5.74) is 0.911. The van der Waals surface area contributed by atoms with E-state index in [2.05, 4.69) is 9.97 Å². The maximum absolute atomic E-state index is 5.14. The Morgan fingerprint density at radius 3 is 2.85 bits per heavy atom. The van der Waals surface area contributed by atoms with Crippen LogP contribution in [0.3, 0.4) is 0 Å². The predicted octanol–water partition coefficient (Wildman–Crippen LogP) is 1.58. The first-order chi connectivity index (χ1) is 6.36. The largest absolute Gasteiger partial charge is 0.493 e. The zero-order chi connectivity index (χ0) is 9.26. The molecule has 0 bridgehead atoms. The second kappa shape index (κ2) is 2.97. The van der Waals surface area contributed by atoms with Gasteiger partial charge in [0.2, 0.25) is 5.88 Å². The average Bonchev–Trinajstić information content (AvgIpc) is 2.64. The summed E-state index contributed by atoms with van der Waals surface area (Å²) < 4.78 is 10.2. The minimum Gasteiger partial charge on any atom is -0.493 e. The first kappa shape index (κ1) is 7.91. The number of ether oxygens (including phenoxy) is 2. The average molecular weight is 178 g/mol. The number of rotatable bonds is 2. The van der Waals surface area contributed by atoms with Crippen molar-refractivity contribution < 1.29 is 9.47 Å². The molecule has 4 heteroatoms. The molecule has 0 saturated carbocycles. The van der Waals surface area contributed by atoms with E-state index in [0.717, 1.165) is 16.7 Å². The highest BCUT2D eigenvalue weighted by Gasteiger charge is 2.08. The Morgan fingerprint density at radius 1 is 1.31 bits per heavy atom. The highest BCUT2D eigenvalue weighted by molar-refractivity contribution is 5.88. The lowest BCUT2D eigenvalue weighted by Gasteiger charge is -2.04. The SMILES string of the molecule is COc1ncc(OC)c2[nH]ccc12. The maximum Gasteiger partial charge on any atom is 0.222 e. The number of H-pyrrole nitrogens is 1. The van der Waals surface area contributed by atoms with Gasteiger partial charge in [-0.1, -0.05) is 0 Å². The Balaban J connectivity index is 2.74. The van der Waals surface area contributed by atoms with Crippen LogP contribution in [0, 0.1) is 0 Å². The summed E-state index contributed by atoms with van der Waals surface area (Å²) in [6, 6.07) is 1.91. The lowest BCUT2D eigenvalue weighted by Crippen LogP contribution is -1.91. The van der Waals surface area contributed by atoms with Gasteiger partial charge >= 0.3 is 0 Å². The molecule has 0 aliphatic heterocycles. The van der Waals surface area contributed by atoms with E-state index < -0.39 is 0 Å². The molecule has 0 aliphatic rings. The molecule has 0 spiro atoms. The number of hydrogen-bond acceptors (Lipinski definition) is 3. The maximum atomic E-state index is 5.14. The lowest BCUT2D eigenvalue weighted by molar-refractivity contribution is 0.395. The summed E-state index contributed by atoms with van der Waals surface area (Å²) in [5, 5.41) is 0.932. The van der Waals surface area contributed by atoms with Gasteiger partial charge in [0, 0.05) is 6.20 Å². The molecule has 0 atom stereocenters. The molecule has 2 rings (SSSR count). The van der Waals surface area contributed by atoms with Crippen molar-refractivity contribution in [2.24, 2.45) is 0 Å². The van der Waals surface area contributed by atoms with Crippen molar-refractivity contribution in [2.75, 3.05) is 14.2 Å². The minimum atomic E-state index is 0.608. The fraction of sp³-hybridized carbons (Fsp3) is 0.222. The van der Waals surface area contributed by atoms with Crippen LogP contribution in [0.25, 0.3) is 10.9 Å². The fourth-order valence-corrected chi connectivity index (χ4v) is 1.32. The second-order valence-corrected chi connectivity index (χ2v) is 2.60. The Kier molecular flexibility index (Phi) is 1.81. The van der Waals surface area contributed by atoms with Gasteiger partial charge in [0.15, 0.2) is 5.75 Å². The van der Waals surface area contributed by atoms with Crippen LogP contribution in [0.4, 0.5) is 0 Å². The Morgan fingerprint density at radius 2 is 2.15 bits per heavy atom. The fourth-order valence-electron chi connectivity index (χ4n) is 1.32. The van der Waals surface area contributed by atoms with Crippen molar-refractivity contribution >= 4 is 10.9 Å². The van der Waals surface area contributed by atoms with Gasteiger partial charge in [-0.2, -0.15) is 0 Å². The number of aromatic nitrogens is 2. The molecule has 2 aromatic rings. The molecule has 2 heterocycles. The number of fused-ring (bicyclic) bond motifs is 1. The van der Waals surface area contributed by atoms with Gasteiger partial charge in [0.25, 0.3) is 0 Å². The van der Waals surface area contributed by atoms with Gasteiger partial charge in [0.05, 0.1) is 31.3 Å². The predicted molar refractivity (Wildman–Crippen MR) is 49.2 cm³/mol. The smallest absolute Gasteiger partial charge is 0.222 e. The quantitative estimate of drug-likeness (QED) is 0.759. The second-order valence-electron chi connectivity index (χ2n) is 2.60. The van der Waals surface area contributed by atoms with Crippen molar-refractivity contribution in [1.82, 2.24) is 9.97 Å². The van der Waals surface area contributed by atoms with Crippen LogP contribution in [0.5, 0.6) is 11.6 Å². The summed E-state index contributed by atoms with van der Waals surface area (Å²) in [5.74, 6) is 1.33. The monoisotopic (exact) mass is 178 g/mol. The molecule has 4 nitrogen and oxygen atoms in total. The van der Waals surface area contributed by atoms with Crippen LogP contribution >= 0.6 is 0 Å². The van der Waals surface area contributed by atoms with E-state index in [-0.39, 0.29) is 0 Å². The number of pyridine rings is 1. The molecule has 68 valence electrons. The first-order valence-corrected chi connectivity index (χ1v) is 3.91. The van der Waals surface area contributed by atoms with Crippen LogP contribution in [0.1, 0.15) is 0 Å². The van der Waals surface area contributed by atoms with Crippen molar-refractivity contribution in [1.29, 1.82) is 0 Å². The van der Waals surface area contributed by atoms with E-state index >= 15 is 0 Å². The van der Waals surface area contributed by atoms with E-state index in [1.807, 2.05) is 12.3 Å². The van der Waals surface area contributed by atoms with Crippen LogP contribution in [0.2, 0.25) is 0 Å². The molecular formula is C9H10N2O2. The summed E-state index contributed by atoms with van der Waals surface area (Å²) in [7, 11) is 3.21. The summed E-state index contributed by atoms with van der Waals surface area (Å²) in [4.78, 5) is 7.17. The summed E-state index contributed by atoms with van der Waals surface area (Å²) in [6.07, 6.45) is 3.47. The number of hydrogen-bond donors (Lipinski definition) is 1. The third-order valence-electron chi connectivity index (χ3n) is 1.94. The van der Waals surface area contributed by atoms with Crippen LogP contribution in [-0.2, 0) is 0 Å². The highest BCUT2D eigenvalue weighted by Crippen LogP contribution is 2.28. The van der Waals surface area contributed by atoms with Crippen LogP contribution < -0.4 is 9.47 Å². The molecule has 0 fully saturated rings. The topological polar surface area (TPSA) is 47.1 Å². The van der Waals surface area contributed by atoms with Crippen LogP contribution in [0.15, 0.2) is 18.5 Å². The zero-order valence-electron chi connectivity index (χ0n) is 7.50. The molecule has 0 aromatic carbocycles. The molecular weight excluding hydrogens is 168 g/mol. The van der Waals surface area contributed by atoms with E-state index in [1.54, 1.807) is 20.4 Å². The van der Waals surface area contributed by atoms with Crippen molar-refractivity contribution in [2.45, 2.75) is 0 Å². The minimum absolute atomic E-state index is 0.608. The Bertz CT molecular complexity index is 384. The van der Waals surface area contributed by atoms with Crippen molar-refractivity contribution in [3.8, 4) is 11.6 Å². The first-order valence-electron chi connectivity index (χ1n) is 3.91. The van der Waals surface area contributed by atoms with Crippen LogP contribution in [-0.4, -0.2) is 24.2 Å². The van der Waals surface area contributed by atoms with Gasteiger partial charge < -0.3 is 14.5 Å². The third kappa shape index (κ3) is 1.11. The number of nitrogens with zero attached hydrogens (tertiary/aromatic N) is 1. The standard InChI is InChI=1S/C9H10N2O2/c1-12-7-5-11-9(13-2)6-3-4-10-8(6)7/h3-5,10H,1-2H3. The third-order valence-corrected chi connectivity index (χ3v) is 1.94. The van der Waals surface area contributed by atoms with E-state index in [0.29, 0.717) is 5.88 Å².